The van der Waals surface area contributed by atoms with Gasteiger partial charge >= 0.3 is 11.9 Å². The minimum atomic E-state index is -0.513. The van der Waals surface area contributed by atoms with E-state index in [1.165, 1.54) is 0 Å². The van der Waals surface area contributed by atoms with Gasteiger partial charge in [0.2, 0.25) is 0 Å². The quantitative estimate of drug-likeness (QED) is 0.439. The molecule has 0 spiro atoms. The fourth-order valence-electron chi connectivity index (χ4n) is 2.81. The van der Waals surface area contributed by atoms with E-state index < -0.39 is 11.9 Å². The van der Waals surface area contributed by atoms with Gasteiger partial charge in [-0.2, -0.15) is 0 Å². The Hall–Kier alpha value is -2.65. The second-order valence-corrected chi connectivity index (χ2v) is 7.57. The number of carbonyl (C=O) groups excluding carboxylic acids is 2. The van der Waals surface area contributed by atoms with Crippen LogP contribution in [0.15, 0.2) is 24.3 Å². The first-order valence-corrected chi connectivity index (χ1v) is 10.8. The highest BCUT2D eigenvalue weighted by molar-refractivity contribution is 7.80. The van der Waals surface area contributed by atoms with Gasteiger partial charge in [-0.15, -0.1) is 11.3 Å². The number of nitrogens with one attached hydrogen (secondary N) is 2. The number of carbonyl (C=O) groups is 2. The predicted molar refractivity (Wildman–Crippen MR) is 122 cm³/mol. The number of hydrogen-bond acceptors (Lipinski definition) is 7. The number of anilines is 1. The Morgan fingerprint density at radius 2 is 1.77 bits per heavy atom. The van der Waals surface area contributed by atoms with Gasteiger partial charge in [0.1, 0.15) is 15.6 Å². The third-order valence-electron chi connectivity index (χ3n) is 4.19. The molecule has 30 heavy (non-hydrogen) atoms. The van der Waals surface area contributed by atoms with Crippen molar-refractivity contribution in [2.45, 2.75) is 27.2 Å². The zero-order valence-corrected chi connectivity index (χ0v) is 19.1. The number of methoxy groups -OCH3 is 1. The number of thiophene rings is 1. The molecule has 1 aromatic heterocycles. The Kier molecular flexibility index (Phi) is 9.07. The van der Waals surface area contributed by atoms with Crippen molar-refractivity contribution in [2.24, 2.45) is 0 Å². The molecule has 0 saturated heterocycles. The van der Waals surface area contributed by atoms with Crippen LogP contribution < -0.4 is 15.4 Å². The molecule has 0 aliphatic carbocycles. The van der Waals surface area contributed by atoms with Gasteiger partial charge < -0.3 is 24.8 Å². The van der Waals surface area contributed by atoms with E-state index in [9.17, 15) is 9.59 Å². The minimum absolute atomic E-state index is 0.226. The lowest BCUT2D eigenvalue weighted by molar-refractivity contribution is 0.0527. The first kappa shape index (κ1) is 23.6. The maximum Gasteiger partial charge on any atom is 0.348 e. The molecule has 2 aromatic rings. The first-order chi connectivity index (χ1) is 14.4. The number of thiocarbonyl (C=S) groups is 1. The van der Waals surface area contributed by atoms with Crippen LogP contribution in [0.4, 0.5) is 5.00 Å². The average molecular weight is 451 g/mol. The van der Waals surface area contributed by atoms with E-state index >= 15 is 0 Å². The molecule has 9 heteroatoms. The summed E-state index contributed by atoms with van der Waals surface area (Å²) in [6, 6.07) is 7.76. The molecule has 162 valence electrons. The van der Waals surface area contributed by atoms with E-state index in [-0.39, 0.29) is 13.2 Å². The topological polar surface area (TPSA) is 85.9 Å². The van der Waals surface area contributed by atoms with Crippen molar-refractivity contribution < 1.29 is 23.8 Å². The number of benzene rings is 1. The number of rotatable bonds is 9. The molecule has 1 aromatic carbocycles. The molecule has 0 amide bonds. The van der Waals surface area contributed by atoms with Crippen molar-refractivity contribution in [3.63, 3.8) is 0 Å². The van der Waals surface area contributed by atoms with Crippen LogP contribution in [0.3, 0.4) is 0 Å². The van der Waals surface area contributed by atoms with Gasteiger partial charge in [0.25, 0.3) is 0 Å². The van der Waals surface area contributed by atoms with Crippen LogP contribution in [0.25, 0.3) is 0 Å². The van der Waals surface area contributed by atoms with Crippen LogP contribution in [-0.2, 0) is 15.9 Å². The second-order valence-electron chi connectivity index (χ2n) is 6.14. The summed E-state index contributed by atoms with van der Waals surface area (Å²) in [7, 11) is 1.63. The summed E-state index contributed by atoms with van der Waals surface area (Å²) in [5.41, 5.74) is 1.86. The summed E-state index contributed by atoms with van der Waals surface area (Å²) in [5, 5.41) is 6.93. The fraction of sp³-hybridized carbons (Fsp3) is 0.381. The molecule has 2 rings (SSSR count). The van der Waals surface area contributed by atoms with Crippen molar-refractivity contribution >= 4 is 45.6 Å². The lowest BCUT2D eigenvalue weighted by atomic mass is 10.1. The number of para-hydroxylation sites is 1. The summed E-state index contributed by atoms with van der Waals surface area (Å²) < 4.78 is 15.6. The largest absolute Gasteiger partial charge is 0.496 e. The Balaban J connectivity index is 2.11. The molecular weight excluding hydrogens is 424 g/mol. The first-order valence-electron chi connectivity index (χ1n) is 9.57. The Morgan fingerprint density at radius 1 is 1.10 bits per heavy atom. The van der Waals surface area contributed by atoms with Crippen LogP contribution >= 0.6 is 23.6 Å². The smallest absolute Gasteiger partial charge is 0.348 e. The SMILES string of the molecule is CCOC(=O)c1sc(NC(=S)NCCc2ccccc2OC)c(C(=O)OCC)c1C. The summed E-state index contributed by atoms with van der Waals surface area (Å²) in [4.78, 5) is 25.0. The molecule has 0 unspecified atom stereocenters. The van der Waals surface area contributed by atoms with Crippen LogP contribution in [0.1, 0.15) is 45.0 Å². The summed E-state index contributed by atoms with van der Waals surface area (Å²) >= 11 is 6.50. The molecule has 0 bridgehead atoms. The molecule has 2 N–H and O–H groups in total. The predicted octanol–water partition coefficient (Wildman–Crippen LogP) is 3.95. The van der Waals surface area contributed by atoms with E-state index in [0.717, 1.165) is 22.6 Å². The standard InChI is InChI=1S/C21H26N2O5S2/c1-5-27-19(24)16-13(3)17(20(25)28-6-2)30-18(16)23-21(29)22-12-11-14-9-7-8-10-15(14)26-4/h7-10H,5-6,11-12H2,1-4H3,(H2,22,23,29). The van der Waals surface area contributed by atoms with E-state index in [1.807, 2.05) is 24.3 Å². The fourth-order valence-corrected chi connectivity index (χ4v) is 4.17. The molecule has 0 radical (unpaired) electrons. The van der Waals surface area contributed by atoms with E-state index in [4.69, 9.17) is 26.4 Å². The third kappa shape index (κ3) is 5.93. The number of hydrogen-bond donors (Lipinski definition) is 2. The van der Waals surface area contributed by atoms with Crippen molar-refractivity contribution in [3.8, 4) is 5.75 Å². The van der Waals surface area contributed by atoms with Crippen molar-refractivity contribution in [2.75, 3.05) is 32.2 Å². The van der Waals surface area contributed by atoms with E-state index in [0.29, 0.717) is 39.1 Å². The van der Waals surface area contributed by atoms with Gasteiger partial charge in [0.05, 0.1) is 25.9 Å². The molecule has 0 saturated carbocycles. The molecule has 0 aliphatic rings. The summed E-state index contributed by atoms with van der Waals surface area (Å²) in [6.45, 7) is 6.19. The van der Waals surface area contributed by atoms with E-state index in [1.54, 1.807) is 27.9 Å². The minimum Gasteiger partial charge on any atom is -0.496 e. The van der Waals surface area contributed by atoms with Crippen LogP contribution in [0.2, 0.25) is 0 Å². The van der Waals surface area contributed by atoms with Gasteiger partial charge in [0.15, 0.2) is 5.11 Å². The molecular formula is C21H26N2O5S2. The second kappa shape index (κ2) is 11.5. The molecule has 0 aliphatic heterocycles. The maximum absolute atomic E-state index is 12.4. The monoisotopic (exact) mass is 450 g/mol. The maximum atomic E-state index is 12.4. The molecule has 1 heterocycles. The van der Waals surface area contributed by atoms with Crippen LogP contribution in [0.5, 0.6) is 5.75 Å². The van der Waals surface area contributed by atoms with Gasteiger partial charge in [0, 0.05) is 6.54 Å². The molecule has 7 nitrogen and oxygen atoms in total. The zero-order chi connectivity index (χ0) is 22.1. The molecule has 0 fully saturated rings. The zero-order valence-electron chi connectivity index (χ0n) is 17.5. The Morgan fingerprint density at radius 3 is 2.43 bits per heavy atom. The lowest BCUT2D eigenvalue weighted by Crippen LogP contribution is -2.30. The van der Waals surface area contributed by atoms with Crippen LogP contribution in [0, 0.1) is 6.92 Å². The summed E-state index contributed by atoms with van der Waals surface area (Å²) in [5.74, 6) is -0.175. The lowest BCUT2D eigenvalue weighted by Gasteiger charge is -2.12. The van der Waals surface area contributed by atoms with Gasteiger partial charge in [-0.05, 0) is 56.6 Å². The van der Waals surface area contributed by atoms with Crippen molar-refractivity contribution in [3.05, 3.63) is 45.8 Å². The van der Waals surface area contributed by atoms with Crippen molar-refractivity contribution in [1.82, 2.24) is 5.32 Å². The van der Waals surface area contributed by atoms with Crippen molar-refractivity contribution in [1.29, 1.82) is 0 Å². The van der Waals surface area contributed by atoms with Gasteiger partial charge in [-0.1, -0.05) is 18.2 Å². The molecule has 0 atom stereocenters. The number of esters is 2. The average Bonchev–Trinajstić information content (AvgIpc) is 3.04. The van der Waals surface area contributed by atoms with Gasteiger partial charge in [-0.3, -0.25) is 0 Å². The highest BCUT2D eigenvalue weighted by Crippen LogP contribution is 2.34. The summed E-state index contributed by atoms with van der Waals surface area (Å²) in [6.07, 6.45) is 0.702. The highest BCUT2D eigenvalue weighted by Gasteiger charge is 2.26. The number of ether oxygens (including phenoxy) is 3. The Bertz CT molecular complexity index is 911. The normalized spacial score (nSPS) is 10.3. The Labute approximate surface area is 185 Å². The van der Waals surface area contributed by atoms with Gasteiger partial charge in [-0.25, -0.2) is 9.59 Å². The van der Waals surface area contributed by atoms with Crippen LogP contribution in [-0.4, -0.2) is 43.9 Å². The highest BCUT2D eigenvalue weighted by atomic mass is 32.1. The van der Waals surface area contributed by atoms with E-state index in [2.05, 4.69) is 10.6 Å². The third-order valence-corrected chi connectivity index (χ3v) is 5.62.